The number of carbonyl (C=O) groups is 2. The van der Waals surface area contributed by atoms with E-state index in [1.54, 1.807) is 0 Å². The third-order valence-electron chi connectivity index (χ3n) is 3.83. The molecule has 1 aliphatic rings. The molecule has 0 unspecified atom stereocenters. The molecule has 2 N–H and O–H groups in total. The van der Waals surface area contributed by atoms with Gasteiger partial charge in [-0.2, -0.15) is 0 Å². The molecular formula is C14H18BrNO3S. The van der Waals surface area contributed by atoms with Crippen molar-refractivity contribution in [3.8, 4) is 0 Å². The lowest BCUT2D eigenvalue weighted by Gasteiger charge is -2.26. The van der Waals surface area contributed by atoms with E-state index in [0.717, 1.165) is 35.0 Å². The molecular weight excluding hydrogens is 342 g/mol. The fourth-order valence-electron chi connectivity index (χ4n) is 2.51. The van der Waals surface area contributed by atoms with Crippen LogP contribution in [0.4, 0.5) is 0 Å². The normalized spacial score (nSPS) is 22.5. The summed E-state index contributed by atoms with van der Waals surface area (Å²) in [6.07, 6.45) is 3.20. The summed E-state index contributed by atoms with van der Waals surface area (Å²) in [5, 5.41) is 11.9. The molecule has 20 heavy (non-hydrogen) atoms. The van der Waals surface area contributed by atoms with E-state index in [2.05, 4.69) is 21.2 Å². The number of carboxylic acids is 1. The summed E-state index contributed by atoms with van der Waals surface area (Å²) in [5.41, 5.74) is 1.07. The van der Waals surface area contributed by atoms with Crippen LogP contribution in [-0.2, 0) is 4.79 Å². The van der Waals surface area contributed by atoms with Crippen LogP contribution in [0.1, 0.15) is 40.9 Å². The maximum absolute atomic E-state index is 12.0. The molecule has 0 bridgehead atoms. The van der Waals surface area contributed by atoms with Crippen LogP contribution in [0.25, 0.3) is 0 Å². The number of aryl methyl sites for hydroxylation is 1. The fourth-order valence-corrected chi connectivity index (χ4v) is 3.96. The first kappa shape index (κ1) is 15.5. The molecule has 6 heteroatoms. The molecule has 110 valence electrons. The van der Waals surface area contributed by atoms with Gasteiger partial charge < -0.3 is 10.4 Å². The molecule has 1 aliphatic carbocycles. The molecule has 1 saturated carbocycles. The van der Waals surface area contributed by atoms with Crippen molar-refractivity contribution >= 4 is 39.1 Å². The van der Waals surface area contributed by atoms with Crippen molar-refractivity contribution in [1.29, 1.82) is 0 Å². The lowest BCUT2D eigenvalue weighted by Crippen LogP contribution is -2.32. The van der Waals surface area contributed by atoms with Gasteiger partial charge in [-0.3, -0.25) is 9.59 Å². The third kappa shape index (κ3) is 3.82. The predicted octanol–water partition coefficient (Wildman–Crippen LogP) is 3.44. The van der Waals surface area contributed by atoms with Crippen molar-refractivity contribution in [3.05, 3.63) is 20.3 Å². The molecule has 0 aliphatic heterocycles. The lowest BCUT2D eigenvalue weighted by atomic mass is 9.82. The van der Waals surface area contributed by atoms with Crippen LogP contribution in [0.5, 0.6) is 0 Å². The predicted molar refractivity (Wildman–Crippen MR) is 82.2 cm³/mol. The summed E-state index contributed by atoms with van der Waals surface area (Å²) in [7, 11) is 0. The molecule has 1 heterocycles. The molecule has 0 atom stereocenters. The molecule has 1 fully saturated rings. The Labute approximate surface area is 130 Å². The molecule has 1 amide bonds. The van der Waals surface area contributed by atoms with E-state index in [0.29, 0.717) is 17.3 Å². The SMILES string of the molecule is Cc1cc(C(=O)NCC2CCC(C(=O)O)CC2)sc1Br. The molecule has 0 aromatic carbocycles. The number of halogens is 1. The second kappa shape index (κ2) is 6.72. The molecule has 2 rings (SSSR count). The first-order valence-electron chi connectivity index (χ1n) is 6.74. The second-order valence-corrected chi connectivity index (χ2v) is 7.70. The van der Waals surface area contributed by atoms with Gasteiger partial charge in [0.1, 0.15) is 0 Å². The Bertz CT molecular complexity index is 487. The third-order valence-corrected chi connectivity index (χ3v) is 5.96. The van der Waals surface area contributed by atoms with Crippen LogP contribution < -0.4 is 5.32 Å². The van der Waals surface area contributed by atoms with Gasteiger partial charge in [0.2, 0.25) is 0 Å². The van der Waals surface area contributed by atoms with Crippen LogP contribution in [-0.4, -0.2) is 23.5 Å². The minimum absolute atomic E-state index is 0.0378. The maximum Gasteiger partial charge on any atom is 0.306 e. The Balaban J connectivity index is 1.78. The number of carbonyl (C=O) groups excluding carboxylic acids is 1. The van der Waals surface area contributed by atoms with E-state index >= 15 is 0 Å². The van der Waals surface area contributed by atoms with Crippen molar-refractivity contribution in [2.24, 2.45) is 11.8 Å². The molecule has 1 aromatic rings. The molecule has 0 spiro atoms. The number of thiophene rings is 1. The number of rotatable bonds is 4. The molecule has 4 nitrogen and oxygen atoms in total. The van der Waals surface area contributed by atoms with E-state index < -0.39 is 5.97 Å². The van der Waals surface area contributed by atoms with Crippen LogP contribution in [0.3, 0.4) is 0 Å². The van der Waals surface area contributed by atoms with Crippen LogP contribution in [0.2, 0.25) is 0 Å². The minimum Gasteiger partial charge on any atom is -0.481 e. The topological polar surface area (TPSA) is 66.4 Å². The highest BCUT2D eigenvalue weighted by atomic mass is 79.9. The van der Waals surface area contributed by atoms with Gasteiger partial charge in [-0.05, 0) is 66.1 Å². The number of hydrogen-bond acceptors (Lipinski definition) is 3. The van der Waals surface area contributed by atoms with Gasteiger partial charge >= 0.3 is 5.97 Å². The molecule has 0 radical (unpaired) electrons. The van der Waals surface area contributed by atoms with E-state index in [-0.39, 0.29) is 11.8 Å². The molecule has 1 aromatic heterocycles. The quantitative estimate of drug-likeness (QED) is 0.865. The Morgan fingerprint density at radius 1 is 1.40 bits per heavy atom. The Morgan fingerprint density at radius 2 is 2.05 bits per heavy atom. The summed E-state index contributed by atoms with van der Waals surface area (Å²) in [5.74, 6) is -0.521. The summed E-state index contributed by atoms with van der Waals surface area (Å²) in [4.78, 5) is 23.6. The van der Waals surface area contributed by atoms with Gasteiger partial charge in [0.15, 0.2) is 0 Å². The number of carboxylic acid groups (broad SMARTS) is 1. The number of aliphatic carboxylic acids is 1. The minimum atomic E-state index is -0.689. The van der Waals surface area contributed by atoms with Crippen molar-refractivity contribution in [2.45, 2.75) is 32.6 Å². The summed E-state index contributed by atoms with van der Waals surface area (Å²) in [6.45, 7) is 2.60. The number of amides is 1. The van der Waals surface area contributed by atoms with Crippen LogP contribution in [0, 0.1) is 18.8 Å². The summed E-state index contributed by atoms with van der Waals surface area (Å²) in [6, 6.07) is 1.88. The van der Waals surface area contributed by atoms with Gasteiger partial charge in [0.05, 0.1) is 14.6 Å². The first-order chi connectivity index (χ1) is 9.47. The first-order valence-corrected chi connectivity index (χ1v) is 8.35. The lowest BCUT2D eigenvalue weighted by molar-refractivity contribution is -0.143. The van der Waals surface area contributed by atoms with Crippen molar-refractivity contribution in [3.63, 3.8) is 0 Å². The highest BCUT2D eigenvalue weighted by Gasteiger charge is 2.26. The van der Waals surface area contributed by atoms with Crippen LogP contribution >= 0.6 is 27.3 Å². The molecule has 0 saturated heterocycles. The van der Waals surface area contributed by atoms with Gasteiger partial charge in [-0.15, -0.1) is 11.3 Å². The van der Waals surface area contributed by atoms with E-state index in [1.807, 2.05) is 13.0 Å². The summed E-state index contributed by atoms with van der Waals surface area (Å²) >= 11 is 4.86. The van der Waals surface area contributed by atoms with Crippen molar-refractivity contribution in [1.82, 2.24) is 5.32 Å². The van der Waals surface area contributed by atoms with Gasteiger partial charge in [0, 0.05) is 6.54 Å². The Kier molecular flexibility index (Phi) is 5.21. The highest BCUT2D eigenvalue weighted by molar-refractivity contribution is 9.11. The van der Waals surface area contributed by atoms with Gasteiger partial charge in [0.25, 0.3) is 5.91 Å². The fraction of sp³-hybridized carbons (Fsp3) is 0.571. The zero-order valence-corrected chi connectivity index (χ0v) is 13.7. The van der Waals surface area contributed by atoms with Gasteiger partial charge in [-0.25, -0.2) is 0 Å². The second-order valence-electron chi connectivity index (χ2n) is 5.33. The number of nitrogens with one attached hydrogen (secondary N) is 1. The van der Waals surface area contributed by atoms with E-state index in [9.17, 15) is 9.59 Å². The smallest absolute Gasteiger partial charge is 0.306 e. The van der Waals surface area contributed by atoms with E-state index in [1.165, 1.54) is 11.3 Å². The monoisotopic (exact) mass is 359 g/mol. The largest absolute Gasteiger partial charge is 0.481 e. The Hall–Kier alpha value is -0.880. The summed E-state index contributed by atoms with van der Waals surface area (Å²) < 4.78 is 0.990. The zero-order valence-electron chi connectivity index (χ0n) is 11.3. The number of hydrogen-bond donors (Lipinski definition) is 2. The highest BCUT2D eigenvalue weighted by Crippen LogP contribution is 2.29. The maximum atomic E-state index is 12.0. The average Bonchev–Trinajstić information content (AvgIpc) is 2.76. The average molecular weight is 360 g/mol. The van der Waals surface area contributed by atoms with Crippen LogP contribution in [0.15, 0.2) is 9.85 Å². The standard InChI is InChI=1S/C14H18BrNO3S/c1-8-6-11(20-12(8)15)13(17)16-7-9-2-4-10(5-3-9)14(18)19/h6,9-10H,2-5,7H2,1H3,(H,16,17)(H,18,19). The zero-order chi connectivity index (χ0) is 14.7. The van der Waals surface area contributed by atoms with E-state index in [4.69, 9.17) is 5.11 Å². The Morgan fingerprint density at radius 3 is 2.55 bits per heavy atom. The van der Waals surface area contributed by atoms with Gasteiger partial charge in [-0.1, -0.05) is 0 Å². The van der Waals surface area contributed by atoms with Crippen molar-refractivity contribution < 1.29 is 14.7 Å². The van der Waals surface area contributed by atoms with Crippen molar-refractivity contribution in [2.75, 3.05) is 6.54 Å².